The smallest absolute Gasteiger partial charge is 0.223 e. The van der Waals surface area contributed by atoms with Crippen LogP contribution in [0.3, 0.4) is 0 Å². The van der Waals surface area contributed by atoms with E-state index >= 15 is 0 Å². The molecule has 0 aliphatic rings. The number of halogens is 1. The molecule has 0 fully saturated rings. The van der Waals surface area contributed by atoms with E-state index in [1.54, 1.807) is 19.4 Å². The molecule has 2 rings (SSSR count). The highest BCUT2D eigenvalue weighted by Crippen LogP contribution is 2.29. The van der Waals surface area contributed by atoms with E-state index in [0.717, 1.165) is 24.2 Å². The van der Waals surface area contributed by atoms with E-state index in [4.69, 9.17) is 16.3 Å². The zero-order chi connectivity index (χ0) is 13.7. The highest BCUT2D eigenvalue weighted by molar-refractivity contribution is 6.32. The van der Waals surface area contributed by atoms with Crippen LogP contribution in [0.5, 0.6) is 5.75 Å². The summed E-state index contributed by atoms with van der Waals surface area (Å²) in [6.07, 6.45) is 2.77. The SMILES string of the molecule is CCCNc1nccc(-c2ccc(Cl)c(OC)c2)n1. The molecular formula is C14H16ClN3O. The van der Waals surface area contributed by atoms with E-state index in [9.17, 15) is 0 Å². The van der Waals surface area contributed by atoms with Gasteiger partial charge in [-0.2, -0.15) is 0 Å². The van der Waals surface area contributed by atoms with Gasteiger partial charge in [-0.3, -0.25) is 0 Å². The molecular weight excluding hydrogens is 262 g/mol. The average Bonchev–Trinajstić information content (AvgIpc) is 2.46. The molecule has 0 saturated carbocycles. The van der Waals surface area contributed by atoms with Crippen molar-refractivity contribution in [2.45, 2.75) is 13.3 Å². The predicted octanol–water partition coefficient (Wildman–Crippen LogP) is 3.63. The highest BCUT2D eigenvalue weighted by atomic mass is 35.5. The lowest BCUT2D eigenvalue weighted by molar-refractivity contribution is 0.415. The number of nitrogens with one attached hydrogen (secondary N) is 1. The van der Waals surface area contributed by atoms with Gasteiger partial charge in [0.1, 0.15) is 5.75 Å². The minimum atomic E-state index is 0.588. The van der Waals surface area contributed by atoms with Crippen LogP contribution >= 0.6 is 11.6 Å². The molecule has 0 spiro atoms. The van der Waals surface area contributed by atoms with Gasteiger partial charge in [0, 0.05) is 18.3 Å². The molecule has 1 aromatic carbocycles. The number of hydrogen-bond donors (Lipinski definition) is 1. The monoisotopic (exact) mass is 277 g/mol. The standard InChI is InChI=1S/C14H16ClN3O/c1-3-7-16-14-17-8-6-12(18-14)10-4-5-11(15)13(9-10)19-2/h4-6,8-9H,3,7H2,1-2H3,(H,16,17,18). The Labute approximate surface area is 117 Å². The summed E-state index contributed by atoms with van der Waals surface area (Å²) in [5, 5.41) is 3.75. The molecule has 4 nitrogen and oxygen atoms in total. The quantitative estimate of drug-likeness (QED) is 0.907. The Hall–Kier alpha value is -1.81. The molecule has 19 heavy (non-hydrogen) atoms. The van der Waals surface area contributed by atoms with Crippen molar-refractivity contribution in [2.75, 3.05) is 19.0 Å². The number of ether oxygens (including phenoxy) is 1. The van der Waals surface area contributed by atoms with Gasteiger partial charge in [0.2, 0.25) is 5.95 Å². The maximum atomic E-state index is 6.01. The van der Waals surface area contributed by atoms with Crippen molar-refractivity contribution in [3.63, 3.8) is 0 Å². The van der Waals surface area contributed by atoms with Crippen LogP contribution in [0, 0.1) is 0 Å². The third kappa shape index (κ3) is 3.35. The lowest BCUT2D eigenvalue weighted by atomic mass is 10.1. The molecule has 0 radical (unpaired) electrons. The third-order valence-electron chi connectivity index (χ3n) is 2.64. The van der Waals surface area contributed by atoms with Crippen LogP contribution < -0.4 is 10.1 Å². The van der Waals surface area contributed by atoms with Gasteiger partial charge in [0.05, 0.1) is 17.8 Å². The van der Waals surface area contributed by atoms with Crippen molar-refractivity contribution in [1.29, 1.82) is 0 Å². The molecule has 1 heterocycles. The topological polar surface area (TPSA) is 47.0 Å². The maximum Gasteiger partial charge on any atom is 0.223 e. The minimum Gasteiger partial charge on any atom is -0.495 e. The first-order valence-electron chi connectivity index (χ1n) is 6.15. The maximum absolute atomic E-state index is 6.01. The van der Waals surface area contributed by atoms with Crippen LogP contribution in [0.25, 0.3) is 11.3 Å². The van der Waals surface area contributed by atoms with Crippen LogP contribution in [0.2, 0.25) is 5.02 Å². The van der Waals surface area contributed by atoms with Crippen LogP contribution in [0.4, 0.5) is 5.95 Å². The van der Waals surface area contributed by atoms with Gasteiger partial charge in [0.15, 0.2) is 0 Å². The lowest BCUT2D eigenvalue weighted by Gasteiger charge is -2.08. The summed E-state index contributed by atoms with van der Waals surface area (Å²) in [5.74, 6) is 1.27. The van der Waals surface area contributed by atoms with Gasteiger partial charge < -0.3 is 10.1 Å². The molecule has 0 bridgehead atoms. The Morgan fingerprint density at radius 2 is 2.16 bits per heavy atom. The Balaban J connectivity index is 2.30. The van der Waals surface area contributed by atoms with E-state index in [1.807, 2.05) is 18.2 Å². The van der Waals surface area contributed by atoms with E-state index in [2.05, 4.69) is 22.2 Å². The van der Waals surface area contributed by atoms with E-state index < -0.39 is 0 Å². The van der Waals surface area contributed by atoms with Gasteiger partial charge in [0.25, 0.3) is 0 Å². The van der Waals surface area contributed by atoms with Gasteiger partial charge in [-0.25, -0.2) is 9.97 Å². The number of methoxy groups -OCH3 is 1. The molecule has 0 atom stereocenters. The second kappa shape index (κ2) is 6.38. The molecule has 100 valence electrons. The fraction of sp³-hybridized carbons (Fsp3) is 0.286. The molecule has 1 N–H and O–H groups in total. The molecule has 0 unspecified atom stereocenters. The van der Waals surface area contributed by atoms with Crippen molar-refractivity contribution in [3.05, 3.63) is 35.5 Å². The molecule has 0 aliphatic carbocycles. The molecule has 1 aromatic heterocycles. The molecule has 5 heteroatoms. The zero-order valence-corrected chi connectivity index (χ0v) is 11.7. The first-order chi connectivity index (χ1) is 9.24. The summed E-state index contributed by atoms with van der Waals surface area (Å²) in [5.41, 5.74) is 1.78. The summed E-state index contributed by atoms with van der Waals surface area (Å²) in [7, 11) is 1.60. The van der Waals surface area contributed by atoms with Crippen LogP contribution in [-0.4, -0.2) is 23.6 Å². The molecule has 0 saturated heterocycles. The molecule has 0 aliphatic heterocycles. The van der Waals surface area contributed by atoms with Crippen LogP contribution in [-0.2, 0) is 0 Å². The second-order valence-electron chi connectivity index (χ2n) is 4.04. The number of aromatic nitrogens is 2. The number of nitrogens with zero attached hydrogens (tertiary/aromatic N) is 2. The second-order valence-corrected chi connectivity index (χ2v) is 4.45. The fourth-order valence-corrected chi connectivity index (χ4v) is 1.86. The number of benzene rings is 1. The Morgan fingerprint density at radius 1 is 1.32 bits per heavy atom. The Bertz CT molecular complexity index is 560. The highest BCUT2D eigenvalue weighted by Gasteiger charge is 2.06. The largest absolute Gasteiger partial charge is 0.495 e. The first-order valence-corrected chi connectivity index (χ1v) is 6.53. The minimum absolute atomic E-state index is 0.588. The summed E-state index contributed by atoms with van der Waals surface area (Å²) < 4.78 is 5.21. The van der Waals surface area contributed by atoms with E-state index in [-0.39, 0.29) is 0 Å². The van der Waals surface area contributed by atoms with Crippen molar-refractivity contribution < 1.29 is 4.74 Å². The third-order valence-corrected chi connectivity index (χ3v) is 2.95. The van der Waals surface area contributed by atoms with Crippen molar-refractivity contribution in [1.82, 2.24) is 9.97 Å². The molecule has 0 amide bonds. The van der Waals surface area contributed by atoms with Crippen molar-refractivity contribution >= 4 is 17.5 Å². The number of rotatable bonds is 5. The summed E-state index contributed by atoms with van der Waals surface area (Å²) in [6, 6.07) is 7.45. The Morgan fingerprint density at radius 3 is 2.89 bits per heavy atom. The fourth-order valence-electron chi connectivity index (χ4n) is 1.66. The van der Waals surface area contributed by atoms with Crippen molar-refractivity contribution in [3.8, 4) is 17.0 Å². The van der Waals surface area contributed by atoms with Crippen LogP contribution in [0.1, 0.15) is 13.3 Å². The lowest BCUT2D eigenvalue weighted by Crippen LogP contribution is -2.04. The number of hydrogen-bond acceptors (Lipinski definition) is 4. The normalized spacial score (nSPS) is 10.3. The van der Waals surface area contributed by atoms with Gasteiger partial charge in [-0.15, -0.1) is 0 Å². The predicted molar refractivity (Wildman–Crippen MR) is 77.8 cm³/mol. The Kier molecular flexibility index (Phi) is 4.58. The summed E-state index contributed by atoms with van der Waals surface area (Å²) >= 11 is 6.01. The van der Waals surface area contributed by atoms with Gasteiger partial charge in [-0.1, -0.05) is 24.6 Å². The van der Waals surface area contributed by atoms with Gasteiger partial charge >= 0.3 is 0 Å². The summed E-state index contributed by atoms with van der Waals surface area (Å²) in [6.45, 7) is 2.95. The van der Waals surface area contributed by atoms with E-state index in [1.165, 1.54) is 0 Å². The van der Waals surface area contributed by atoms with E-state index in [0.29, 0.717) is 16.7 Å². The van der Waals surface area contributed by atoms with Crippen LogP contribution in [0.15, 0.2) is 30.5 Å². The zero-order valence-electron chi connectivity index (χ0n) is 11.0. The number of anilines is 1. The summed E-state index contributed by atoms with van der Waals surface area (Å²) in [4.78, 5) is 8.65. The van der Waals surface area contributed by atoms with Gasteiger partial charge in [-0.05, 0) is 24.6 Å². The van der Waals surface area contributed by atoms with Crippen molar-refractivity contribution in [2.24, 2.45) is 0 Å². The molecule has 2 aromatic rings. The average molecular weight is 278 g/mol. The first kappa shape index (κ1) is 13.6.